The van der Waals surface area contributed by atoms with Crippen LogP contribution in [0.5, 0.6) is 0 Å². The molecule has 1 unspecified atom stereocenters. The van der Waals surface area contributed by atoms with Crippen LogP contribution in [0.4, 0.5) is 16.2 Å². The van der Waals surface area contributed by atoms with E-state index in [1.165, 1.54) is 0 Å². The van der Waals surface area contributed by atoms with E-state index in [-0.39, 0.29) is 24.3 Å². The number of aliphatic hydroxyl groups is 1. The zero-order valence-electron chi connectivity index (χ0n) is 8.93. The Labute approximate surface area is 93.1 Å². The first-order chi connectivity index (χ1) is 7.70. The molecule has 1 aliphatic rings. The third-order valence-electron chi connectivity index (χ3n) is 2.82. The molecule has 0 saturated carbocycles. The lowest BCUT2D eigenvalue weighted by Gasteiger charge is -2.32. The molecule has 1 fully saturated rings. The van der Waals surface area contributed by atoms with Crippen molar-refractivity contribution in [2.75, 3.05) is 30.3 Å². The van der Waals surface area contributed by atoms with Gasteiger partial charge in [-0.25, -0.2) is 9.37 Å². The van der Waals surface area contributed by atoms with Crippen molar-refractivity contribution in [3.63, 3.8) is 0 Å². The largest absolute Gasteiger partial charge is 0.396 e. The van der Waals surface area contributed by atoms with Crippen molar-refractivity contribution in [1.29, 1.82) is 0 Å². The smallest absolute Gasteiger partial charge is 0.222 e. The van der Waals surface area contributed by atoms with Crippen LogP contribution in [0.1, 0.15) is 12.8 Å². The molecule has 3 N–H and O–H groups in total. The first kappa shape index (κ1) is 11.1. The standard InChI is InChI=1S/C10H15FN4O/c11-8-4-13-10(12)14-9(8)15-3-1-2-7(5-15)6-16/h4,7,16H,1-3,5-6H2,(H2,12,13,14). The first-order valence-electron chi connectivity index (χ1n) is 5.34. The highest BCUT2D eigenvalue weighted by atomic mass is 19.1. The summed E-state index contributed by atoms with van der Waals surface area (Å²) in [6.45, 7) is 1.48. The number of halogens is 1. The molecule has 1 aromatic heterocycles. The number of nitrogens with two attached hydrogens (primary N) is 1. The van der Waals surface area contributed by atoms with Gasteiger partial charge >= 0.3 is 0 Å². The number of hydrogen-bond acceptors (Lipinski definition) is 5. The van der Waals surface area contributed by atoms with Crippen LogP contribution >= 0.6 is 0 Å². The second-order valence-corrected chi connectivity index (χ2v) is 4.04. The molecular formula is C10H15FN4O. The van der Waals surface area contributed by atoms with Gasteiger partial charge in [0.1, 0.15) is 0 Å². The van der Waals surface area contributed by atoms with Crippen molar-refractivity contribution < 1.29 is 9.50 Å². The van der Waals surface area contributed by atoms with Crippen LogP contribution in [0.25, 0.3) is 0 Å². The zero-order chi connectivity index (χ0) is 11.5. The summed E-state index contributed by atoms with van der Waals surface area (Å²) in [6.07, 6.45) is 2.98. The van der Waals surface area contributed by atoms with Crippen LogP contribution in [0, 0.1) is 11.7 Å². The Morgan fingerprint density at radius 3 is 3.19 bits per heavy atom. The van der Waals surface area contributed by atoms with E-state index < -0.39 is 5.82 Å². The molecular weight excluding hydrogens is 211 g/mol. The maximum absolute atomic E-state index is 13.5. The Morgan fingerprint density at radius 1 is 1.62 bits per heavy atom. The van der Waals surface area contributed by atoms with Gasteiger partial charge in [0.05, 0.1) is 6.20 Å². The van der Waals surface area contributed by atoms with Crippen LogP contribution in [0.2, 0.25) is 0 Å². The third kappa shape index (κ3) is 2.21. The van der Waals surface area contributed by atoms with Crippen molar-refractivity contribution in [2.24, 2.45) is 5.92 Å². The number of rotatable bonds is 2. The molecule has 88 valence electrons. The first-order valence-corrected chi connectivity index (χ1v) is 5.34. The molecule has 0 aromatic carbocycles. The summed E-state index contributed by atoms with van der Waals surface area (Å²) in [5.74, 6) is 0.0327. The van der Waals surface area contributed by atoms with Gasteiger partial charge in [0.15, 0.2) is 11.6 Å². The van der Waals surface area contributed by atoms with Crippen LogP contribution < -0.4 is 10.6 Å². The number of aliphatic hydroxyl groups excluding tert-OH is 1. The second-order valence-electron chi connectivity index (χ2n) is 4.04. The van der Waals surface area contributed by atoms with E-state index in [4.69, 9.17) is 10.8 Å². The second kappa shape index (κ2) is 4.61. The highest BCUT2D eigenvalue weighted by molar-refractivity contribution is 5.42. The summed E-state index contributed by atoms with van der Waals surface area (Å²) in [5, 5.41) is 9.10. The normalized spacial score (nSPS) is 21.1. The maximum atomic E-state index is 13.5. The molecule has 0 amide bonds. The SMILES string of the molecule is Nc1ncc(F)c(N2CCCC(CO)C2)n1. The fourth-order valence-corrected chi connectivity index (χ4v) is 2.00. The number of anilines is 2. The molecule has 1 saturated heterocycles. The summed E-state index contributed by atoms with van der Waals surface area (Å²) < 4.78 is 13.5. The average molecular weight is 226 g/mol. The molecule has 2 rings (SSSR count). The van der Waals surface area contributed by atoms with Gasteiger partial charge in [-0.15, -0.1) is 0 Å². The Bertz CT molecular complexity index is 374. The van der Waals surface area contributed by atoms with E-state index in [0.29, 0.717) is 6.54 Å². The molecule has 0 aliphatic carbocycles. The van der Waals surface area contributed by atoms with E-state index in [2.05, 4.69) is 9.97 Å². The zero-order valence-corrected chi connectivity index (χ0v) is 8.93. The van der Waals surface area contributed by atoms with Crippen LogP contribution in [-0.4, -0.2) is 34.8 Å². The number of nitrogen functional groups attached to an aromatic ring is 1. The molecule has 5 nitrogen and oxygen atoms in total. The van der Waals surface area contributed by atoms with Crippen LogP contribution in [-0.2, 0) is 0 Å². The molecule has 2 heterocycles. The van der Waals surface area contributed by atoms with Gasteiger partial charge in [-0.05, 0) is 18.8 Å². The van der Waals surface area contributed by atoms with Crippen LogP contribution in [0.3, 0.4) is 0 Å². The minimum Gasteiger partial charge on any atom is -0.396 e. The third-order valence-corrected chi connectivity index (χ3v) is 2.82. The molecule has 6 heteroatoms. The number of piperidine rings is 1. The Balaban J connectivity index is 2.19. The molecule has 16 heavy (non-hydrogen) atoms. The molecule has 0 spiro atoms. The monoisotopic (exact) mass is 226 g/mol. The average Bonchev–Trinajstić information content (AvgIpc) is 2.32. The lowest BCUT2D eigenvalue weighted by Crippen LogP contribution is -2.38. The Kier molecular flexibility index (Phi) is 3.19. The van der Waals surface area contributed by atoms with E-state index in [1.54, 1.807) is 0 Å². The summed E-state index contributed by atoms with van der Waals surface area (Å²) in [6, 6.07) is 0. The topological polar surface area (TPSA) is 75.3 Å². The van der Waals surface area contributed by atoms with Gasteiger partial charge in [-0.3, -0.25) is 0 Å². The highest BCUT2D eigenvalue weighted by Crippen LogP contribution is 2.23. The van der Waals surface area contributed by atoms with Gasteiger partial charge in [-0.2, -0.15) is 4.98 Å². The Morgan fingerprint density at radius 2 is 2.44 bits per heavy atom. The van der Waals surface area contributed by atoms with Crippen molar-refractivity contribution in [3.8, 4) is 0 Å². The summed E-state index contributed by atoms with van der Waals surface area (Å²) in [5.41, 5.74) is 5.44. The summed E-state index contributed by atoms with van der Waals surface area (Å²) in [4.78, 5) is 9.31. The van der Waals surface area contributed by atoms with E-state index in [0.717, 1.165) is 25.6 Å². The van der Waals surface area contributed by atoms with E-state index in [9.17, 15) is 4.39 Å². The van der Waals surface area contributed by atoms with Crippen molar-refractivity contribution in [3.05, 3.63) is 12.0 Å². The Hall–Kier alpha value is -1.43. The van der Waals surface area contributed by atoms with Gasteiger partial charge in [0.2, 0.25) is 5.95 Å². The number of hydrogen-bond donors (Lipinski definition) is 2. The van der Waals surface area contributed by atoms with Crippen molar-refractivity contribution in [2.45, 2.75) is 12.8 Å². The molecule has 1 atom stereocenters. The summed E-state index contributed by atoms with van der Waals surface area (Å²) in [7, 11) is 0. The van der Waals surface area contributed by atoms with Gasteiger partial charge < -0.3 is 15.7 Å². The highest BCUT2D eigenvalue weighted by Gasteiger charge is 2.22. The lowest BCUT2D eigenvalue weighted by atomic mass is 9.99. The fourth-order valence-electron chi connectivity index (χ4n) is 2.00. The molecule has 1 aliphatic heterocycles. The predicted molar refractivity (Wildman–Crippen MR) is 58.4 cm³/mol. The molecule has 0 bridgehead atoms. The van der Waals surface area contributed by atoms with Gasteiger partial charge in [0, 0.05) is 19.7 Å². The quantitative estimate of drug-likeness (QED) is 0.763. The van der Waals surface area contributed by atoms with E-state index in [1.807, 2.05) is 4.90 Å². The van der Waals surface area contributed by atoms with Gasteiger partial charge in [0.25, 0.3) is 0 Å². The fraction of sp³-hybridized carbons (Fsp3) is 0.600. The number of aromatic nitrogens is 2. The minimum atomic E-state index is -0.465. The molecule has 0 radical (unpaired) electrons. The minimum absolute atomic E-state index is 0.0718. The van der Waals surface area contributed by atoms with Crippen LogP contribution in [0.15, 0.2) is 6.20 Å². The lowest BCUT2D eigenvalue weighted by molar-refractivity contribution is 0.208. The van der Waals surface area contributed by atoms with Gasteiger partial charge in [-0.1, -0.05) is 0 Å². The predicted octanol–water partition coefficient (Wildman–Crippen LogP) is 0.407. The number of nitrogens with zero attached hydrogens (tertiary/aromatic N) is 3. The van der Waals surface area contributed by atoms with E-state index >= 15 is 0 Å². The summed E-state index contributed by atoms with van der Waals surface area (Å²) >= 11 is 0. The molecule has 1 aromatic rings. The maximum Gasteiger partial charge on any atom is 0.222 e. The van der Waals surface area contributed by atoms with Crippen molar-refractivity contribution in [1.82, 2.24) is 9.97 Å². The van der Waals surface area contributed by atoms with Crippen molar-refractivity contribution >= 4 is 11.8 Å².